The van der Waals surface area contributed by atoms with E-state index in [0.29, 0.717) is 44.1 Å². The largest absolute Gasteiger partial charge is 3.00 e. The summed E-state index contributed by atoms with van der Waals surface area (Å²) in [5, 5.41) is 96.2. The molecule has 8 aromatic carbocycles. The predicted octanol–water partition coefficient (Wildman–Crippen LogP) is 14.1. The molecular weight excluding hydrogens is 1700 g/mol. The molecular formula is C74H50Cl6Er2MgN8O8. The number of aromatic nitrogens is 8. The molecule has 0 saturated heterocycles. The van der Waals surface area contributed by atoms with Crippen LogP contribution in [0.25, 0.3) is 87.2 Å². The molecule has 0 bridgehead atoms. The van der Waals surface area contributed by atoms with Crippen molar-refractivity contribution in [2.24, 2.45) is 0 Å². The van der Waals surface area contributed by atoms with Crippen molar-refractivity contribution in [2.45, 2.75) is 8.59 Å². The first kappa shape index (κ1) is 83.9. The molecule has 16 aromatic rings. The van der Waals surface area contributed by atoms with Crippen LogP contribution in [0.4, 0.5) is 0 Å². The first-order chi connectivity index (χ1) is 46.5. The Labute approximate surface area is 674 Å². The molecule has 25 heteroatoms. The number of para-hydroxylation sites is 8. The summed E-state index contributed by atoms with van der Waals surface area (Å²) < 4.78 is -1.50. The number of fused-ring (bicyclic) bond motifs is 8. The average Bonchev–Trinajstić information content (AvgIpc) is 2.26. The van der Waals surface area contributed by atoms with Gasteiger partial charge < -0.3 is 40.9 Å². The quantitative estimate of drug-likeness (QED) is 0.101. The van der Waals surface area contributed by atoms with E-state index in [2.05, 4.69) is 39.9 Å². The molecule has 0 saturated carbocycles. The van der Waals surface area contributed by atoms with Crippen molar-refractivity contribution in [2.75, 3.05) is 0 Å². The molecule has 0 N–H and O–H groups in total. The minimum absolute atomic E-state index is 0. The second-order valence-corrected chi connectivity index (χ2v) is 23.1. The molecule has 0 atom stereocenters. The zero-order valence-electron chi connectivity index (χ0n) is 51.3. The number of hydrogen-bond acceptors (Lipinski definition) is 16. The molecule has 0 aliphatic rings. The molecule has 8 aromatic heterocycles. The van der Waals surface area contributed by atoms with E-state index in [-0.39, 0.29) is 144 Å². The van der Waals surface area contributed by atoms with E-state index >= 15 is 0 Å². The molecule has 99 heavy (non-hydrogen) atoms. The van der Waals surface area contributed by atoms with Gasteiger partial charge in [0.2, 0.25) is 0 Å². The first-order valence-corrected chi connectivity index (χ1v) is 31.0. The van der Waals surface area contributed by atoms with Crippen LogP contribution >= 0.6 is 69.6 Å². The minimum atomic E-state index is -0.750. The number of benzene rings is 8. The van der Waals surface area contributed by atoms with Crippen molar-refractivity contribution in [3.63, 3.8) is 0 Å². The third-order valence-electron chi connectivity index (χ3n) is 12.8. The van der Waals surface area contributed by atoms with Gasteiger partial charge in [0, 0.05) is 49.6 Å². The van der Waals surface area contributed by atoms with Crippen LogP contribution in [0.5, 0.6) is 46.0 Å². The summed E-state index contributed by atoms with van der Waals surface area (Å²) in [6, 6.07) is 70.8. The Bertz CT molecular complexity index is 4110. The van der Waals surface area contributed by atoms with Gasteiger partial charge in [-0.05, 0) is 91.6 Å². The molecule has 16 rings (SSSR count). The van der Waals surface area contributed by atoms with Crippen LogP contribution in [0, 0.1) is 74.6 Å². The average molecular weight is 1750 g/mol. The fourth-order valence-corrected chi connectivity index (χ4v) is 8.61. The van der Waals surface area contributed by atoms with Crippen molar-refractivity contribution in [1.29, 1.82) is 0 Å². The van der Waals surface area contributed by atoms with E-state index in [9.17, 15) is 40.9 Å². The summed E-state index contributed by atoms with van der Waals surface area (Å²) in [7, 11) is 0. The summed E-state index contributed by atoms with van der Waals surface area (Å²) >= 11 is 28.8. The van der Waals surface area contributed by atoms with Crippen LogP contribution < -0.4 is 40.9 Å². The van der Waals surface area contributed by atoms with Crippen LogP contribution in [-0.2, 0) is 0 Å². The maximum absolute atomic E-state index is 11.1. The van der Waals surface area contributed by atoms with Gasteiger partial charge in [-0.15, -0.1) is 0 Å². The Balaban J connectivity index is 0.000000235. The van der Waals surface area contributed by atoms with Gasteiger partial charge in [0.1, 0.15) is 0 Å². The van der Waals surface area contributed by atoms with Crippen LogP contribution in [0.1, 0.15) is 0 Å². The molecule has 0 aliphatic heterocycles. The third-order valence-corrected chi connectivity index (χ3v) is 12.8. The molecule has 16 nitrogen and oxygen atoms in total. The van der Waals surface area contributed by atoms with E-state index in [1.165, 1.54) is 48.5 Å². The third kappa shape index (κ3) is 27.5. The predicted molar refractivity (Wildman–Crippen MR) is 378 cm³/mol. The smallest absolute Gasteiger partial charge is 0.871 e. The number of nitrogens with zero attached hydrogens (tertiary/aromatic N) is 8. The van der Waals surface area contributed by atoms with Gasteiger partial charge >= 0.3 is 97.7 Å². The molecule has 0 amide bonds. The van der Waals surface area contributed by atoms with Crippen LogP contribution in [0.2, 0.25) is 0 Å². The normalized spacial score (nSPS) is 9.78. The van der Waals surface area contributed by atoms with Crippen LogP contribution in [0.15, 0.2) is 292 Å². The Morgan fingerprint density at radius 1 is 0.182 bits per heavy atom. The molecule has 0 fully saturated rings. The number of halogens is 6. The Hall–Kier alpha value is -7.56. The maximum Gasteiger partial charge on any atom is 3.00 e. The summed E-state index contributed by atoms with van der Waals surface area (Å²) in [5.41, 5.74) is 4.41. The Kier molecular flexibility index (Phi) is 38.3. The minimum Gasteiger partial charge on any atom is -0.871 e. The molecule has 0 aliphatic carbocycles. The summed E-state index contributed by atoms with van der Waals surface area (Å²) in [4.78, 5) is 31.7. The zero-order chi connectivity index (χ0) is 68.6. The summed E-state index contributed by atoms with van der Waals surface area (Å²) in [5.74, 6) is -0.0881. The van der Waals surface area contributed by atoms with Crippen molar-refractivity contribution >= 4 is 180 Å². The summed E-state index contributed by atoms with van der Waals surface area (Å²) in [6.07, 6.45) is 13.0. The molecule has 0 spiro atoms. The van der Waals surface area contributed by atoms with Crippen LogP contribution in [-0.4, -0.2) is 71.5 Å². The van der Waals surface area contributed by atoms with Crippen molar-refractivity contribution in [1.82, 2.24) is 39.9 Å². The topological polar surface area (TPSA) is 288 Å². The van der Waals surface area contributed by atoms with Gasteiger partial charge in [-0.2, -0.15) is 0 Å². The van der Waals surface area contributed by atoms with Gasteiger partial charge in [-0.3, -0.25) is 39.9 Å². The van der Waals surface area contributed by atoms with Crippen molar-refractivity contribution < 1.29 is 115 Å². The van der Waals surface area contributed by atoms with Gasteiger partial charge in [-0.1, -0.05) is 310 Å². The van der Waals surface area contributed by atoms with Gasteiger partial charge in [0.05, 0.1) is 44.1 Å². The molecule has 2 radical (unpaired) electrons. The van der Waals surface area contributed by atoms with Gasteiger partial charge in [0.15, 0.2) is 8.59 Å². The van der Waals surface area contributed by atoms with Gasteiger partial charge in [-0.25, -0.2) is 0 Å². The standard InChI is InChI=1S/8C9H7NO.2CHCl3.2Er.Mg/c8*11-8-5-1-3-7-4-2-6-10-9(7)8;2*2-1(3)4;;;/h8*1-6,11H;2*1H;;;/q;;;;;;;;;;2*+3;+2/p-8. The van der Waals surface area contributed by atoms with Crippen molar-refractivity contribution in [3.05, 3.63) is 292 Å². The Morgan fingerprint density at radius 2 is 0.273 bits per heavy atom. The molecule has 502 valence electrons. The fraction of sp³-hybridized carbons (Fsp3) is 0.0270. The first-order valence-electron chi connectivity index (χ1n) is 28.4. The number of rotatable bonds is 0. The second-order valence-electron chi connectivity index (χ2n) is 19.1. The number of pyridine rings is 8. The maximum atomic E-state index is 11.1. The van der Waals surface area contributed by atoms with E-state index < -0.39 is 8.59 Å². The zero-order valence-corrected chi connectivity index (χ0v) is 60.9. The molecule has 8 heterocycles. The second kappa shape index (κ2) is 45.3. The van der Waals surface area contributed by atoms with Crippen molar-refractivity contribution in [3.8, 4) is 46.0 Å². The number of alkyl halides is 6. The number of hydrogen-bond donors (Lipinski definition) is 0. The van der Waals surface area contributed by atoms with E-state index in [4.69, 9.17) is 69.6 Å². The molecule has 0 unspecified atom stereocenters. The van der Waals surface area contributed by atoms with E-state index in [1.807, 2.05) is 146 Å². The van der Waals surface area contributed by atoms with Gasteiger partial charge in [0.25, 0.3) is 0 Å². The van der Waals surface area contributed by atoms with E-state index in [1.54, 1.807) is 98.1 Å². The fourth-order valence-electron chi connectivity index (χ4n) is 8.61. The van der Waals surface area contributed by atoms with Crippen LogP contribution in [0.3, 0.4) is 0 Å². The summed E-state index contributed by atoms with van der Waals surface area (Å²) in [6.45, 7) is 0. The SMILES string of the molecule is ClC(Cl)Cl.ClC(Cl)Cl.[Er+3].[Er+3].[Mg+2].[O-]c1cccc2cccnc12.[O-]c1cccc2cccnc12.[O-]c1cccc2cccnc12.[O-]c1cccc2cccnc12.[O-]c1cccc2cccnc12.[O-]c1cccc2cccnc12.[O-]c1cccc2cccnc12.[O-]c1cccc2cccnc12. The Morgan fingerprint density at radius 3 is 0.364 bits per heavy atom. The van der Waals surface area contributed by atoms with E-state index in [0.717, 1.165) is 43.1 Å². The monoisotopic (exact) mass is 1740 g/mol.